The van der Waals surface area contributed by atoms with Gasteiger partial charge in [0.1, 0.15) is 5.82 Å². The molecule has 1 N–H and O–H groups in total. The number of amides is 1. The lowest BCUT2D eigenvalue weighted by molar-refractivity contribution is 0.0955. The van der Waals surface area contributed by atoms with Crippen molar-refractivity contribution in [2.75, 3.05) is 6.54 Å². The standard InChI is InChI=1S/C21H23N5O/c1-15(2)25-14-11-16-17(7-5-8-18(16)25)21(27)22-12-6-10-20-24-23-19-9-3-4-13-26(19)20/h3-5,7-9,11,13-15H,6,10,12H2,1-2H3,(H,22,27). The van der Waals surface area contributed by atoms with E-state index in [2.05, 4.69) is 40.0 Å². The second-order valence-corrected chi connectivity index (χ2v) is 6.96. The third kappa shape index (κ3) is 3.30. The number of hydrogen-bond donors (Lipinski definition) is 1. The van der Waals surface area contributed by atoms with Crippen molar-refractivity contribution in [2.45, 2.75) is 32.7 Å². The molecule has 4 aromatic rings. The van der Waals surface area contributed by atoms with Crippen molar-refractivity contribution in [3.63, 3.8) is 0 Å². The molecule has 0 aliphatic carbocycles. The molecule has 0 unspecified atom stereocenters. The number of nitrogens with zero attached hydrogens (tertiary/aromatic N) is 4. The van der Waals surface area contributed by atoms with Gasteiger partial charge in [-0.15, -0.1) is 10.2 Å². The fraction of sp³-hybridized carbons (Fsp3) is 0.286. The Bertz CT molecular complexity index is 1090. The molecule has 0 bridgehead atoms. The van der Waals surface area contributed by atoms with Gasteiger partial charge >= 0.3 is 0 Å². The second kappa shape index (κ2) is 7.23. The zero-order valence-corrected chi connectivity index (χ0v) is 15.6. The number of fused-ring (bicyclic) bond motifs is 2. The SMILES string of the molecule is CC(C)n1ccc2c(C(=O)NCCCc3nnc4ccccn34)cccc21. The number of hydrogen-bond acceptors (Lipinski definition) is 3. The number of aromatic nitrogens is 4. The Balaban J connectivity index is 1.40. The molecule has 0 saturated carbocycles. The molecule has 4 rings (SSSR count). The van der Waals surface area contributed by atoms with E-state index in [0.29, 0.717) is 12.6 Å². The lowest BCUT2D eigenvalue weighted by atomic mass is 10.1. The molecule has 27 heavy (non-hydrogen) atoms. The summed E-state index contributed by atoms with van der Waals surface area (Å²) in [4.78, 5) is 12.7. The van der Waals surface area contributed by atoms with Gasteiger partial charge in [-0.2, -0.15) is 0 Å². The van der Waals surface area contributed by atoms with Crippen molar-refractivity contribution in [1.82, 2.24) is 24.5 Å². The van der Waals surface area contributed by atoms with Gasteiger partial charge in [-0.3, -0.25) is 9.20 Å². The number of aryl methyl sites for hydroxylation is 1. The Morgan fingerprint density at radius 1 is 1.07 bits per heavy atom. The Hall–Kier alpha value is -3.15. The monoisotopic (exact) mass is 361 g/mol. The predicted molar refractivity (Wildman–Crippen MR) is 106 cm³/mol. The summed E-state index contributed by atoms with van der Waals surface area (Å²) in [6.45, 7) is 4.88. The molecule has 6 heteroatoms. The van der Waals surface area contributed by atoms with Crippen LogP contribution in [0.1, 0.15) is 42.5 Å². The Labute approximate surface area is 157 Å². The van der Waals surface area contributed by atoms with E-state index in [1.807, 2.05) is 53.2 Å². The van der Waals surface area contributed by atoms with Crippen LogP contribution in [0.5, 0.6) is 0 Å². The molecule has 0 aliphatic heterocycles. The molecule has 1 aromatic carbocycles. The van der Waals surface area contributed by atoms with Gasteiger partial charge < -0.3 is 9.88 Å². The van der Waals surface area contributed by atoms with E-state index in [1.54, 1.807) is 0 Å². The molecule has 0 saturated heterocycles. The van der Waals surface area contributed by atoms with Crippen molar-refractivity contribution in [2.24, 2.45) is 0 Å². The first-order chi connectivity index (χ1) is 13.1. The predicted octanol–water partition coefficient (Wildman–Crippen LogP) is 3.63. The molecule has 0 radical (unpaired) electrons. The number of pyridine rings is 1. The van der Waals surface area contributed by atoms with Gasteiger partial charge in [-0.25, -0.2) is 0 Å². The third-order valence-electron chi connectivity index (χ3n) is 4.81. The van der Waals surface area contributed by atoms with Crippen LogP contribution in [0.3, 0.4) is 0 Å². The summed E-state index contributed by atoms with van der Waals surface area (Å²) in [5.74, 6) is 0.879. The number of carbonyl (C=O) groups is 1. The van der Waals surface area contributed by atoms with Crippen LogP contribution >= 0.6 is 0 Å². The van der Waals surface area contributed by atoms with Crippen LogP contribution in [0, 0.1) is 0 Å². The maximum atomic E-state index is 12.7. The van der Waals surface area contributed by atoms with E-state index >= 15 is 0 Å². The van der Waals surface area contributed by atoms with Gasteiger partial charge in [0.2, 0.25) is 0 Å². The quantitative estimate of drug-likeness (QED) is 0.534. The third-order valence-corrected chi connectivity index (χ3v) is 4.81. The van der Waals surface area contributed by atoms with Crippen LogP contribution in [0.2, 0.25) is 0 Å². The fourth-order valence-electron chi connectivity index (χ4n) is 3.44. The highest BCUT2D eigenvalue weighted by atomic mass is 16.1. The first-order valence-corrected chi connectivity index (χ1v) is 9.31. The van der Waals surface area contributed by atoms with E-state index in [0.717, 1.165) is 40.8 Å². The zero-order valence-electron chi connectivity index (χ0n) is 15.6. The average Bonchev–Trinajstić information content (AvgIpc) is 3.29. The summed E-state index contributed by atoms with van der Waals surface area (Å²) in [5.41, 5.74) is 2.66. The fourth-order valence-corrected chi connectivity index (χ4v) is 3.44. The number of carbonyl (C=O) groups excluding carboxylic acids is 1. The topological polar surface area (TPSA) is 64.2 Å². The number of rotatable bonds is 6. The maximum absolute atomic E-state index is 12.7. The van der Waals surface area contributed by atoms with Crippen molar-refractivity contribution in [1.29, 1.82) is 0 Å². The largest absolute Gasteiger partial charge is 0.352 e. The molecule has 6 nitrogen and oxygen atoms in total. The summed E-state index contributed by atoms with van der Waals surface area (Å²) >= 11 is 0. The Morgan fingerprint density at radius 3 is 2.81 bits per heavy atom. The molecule has 3 heterocycles. The van der Waals surface area contributed by atoms with Gasteiger partial charge in [0.25, 0.3) is 5.91 Å². The van der Waals surface area contributed by atoms with Crippen molar-refractivity contribution >= 4 is 22.5 Å². The van der Waals surface area contributed by atoms with E-state index in [1.165, 1.54) is 0 Å². The summed E-state index contributed by atoms with van der Waals surface area (Å²) in [6, 6.07) is 14.1. The van der Waals surface area contributed by atoms with Crippen LogP contribution in [0.25, 0.3) is 16.6 Å². The van der Waals surface area contributed by atoms with Gasteiger partial charge in [0, 0.05) is 47.9 Å². The molecule has 0 spiro atoms. The second-order valence-electron chi connectivity index (χ2n) is 6.96. The molecule has 3 aromatic heterocycles. The minimum atomic E-state index is -0.0341. The van der Waals surface area contributed by atoms with Gasteiger partial charge in [-0.1, -0.05) is 12.1 Å². The first-order valence-electron chi connectivity index (χ1n) is 9.31. The molecular formula is C21H23N5O. The highest BCUT2D eigenvalue weighted by molar-refractivity contribution is 6.06. The summed E-state index contributed by atoms with van der Waals surface area (Å²) < 4.78 is 4.17. The minimum absolute atomic E-state index is 0.0341. The number of nitrogens with one attached hydrogen (secondary N) is 1. The van der Waals surface area contributed by atoms with E-state index in [9.17, 15) is 4.79 Å². The molecule has 0 aliphatic rings. The summed E-state index contributed by atoms with van der Waals surface area (Å²) in [6.07, 6.45) is 5.58. The Kier molecular flexibility index (Phi) is 4.62. The van der Waals surface area contributed by atoms with Gasteiger partial charge in [-0.05, 0) is 50.6 Å². The highest BCUT2D eigenvalue weighted by Crippen LogP contribution is 2.23. The lowest BCUT2D eigenvalue weighted by Crippen LogP contribution is -2.25. The van der Waals surface area contributed by atoms with Crippen LogP contribution in [0.4, 0.5) is 0 Å². The van der Waals surface area contributed by atoms with Crippen LogP contribution in [-0.2, 0) is 6.42 Å². The van der Waals surface area contributed by atoms with E-state index in [4.69, 9.17) is 0 Å². The molecule has 138 valence electrons. The average molecular weight is 361 g/mol. The van der Waals surface area contributed by atoms with Gasteiger partial charge in [0.15, 0.2) is 5.65 Å². The smallest absolute Gasteiger partial charge is 0.251 e. The van der Waals surface area contributed by atoms with E-state index < -0.39 is 0 Å². The molecular weight excluding hydrogens is 338 g/mol. The molecule has 0 atom stereocenters. The normalized spacial score (nSPS) is 11.5. The van der Waals surface area contributed by atoms with Crippen molar-refractivity contribution in [3.05, 3.63) is 66.2 Å². The summed E-state index contributed by atoms with van der Waals surface area (Å²) in [5, 5.41) is 12.4. The highest BCUT2D eigenvalue weighted by Gasteiger charge is 2.13. The summed E-state index contributed by atoms with van der Waals surface area (Å²) in [7, 11) is 0. The van der Waals surface area contributed by atoms with E-state index in [-0.39, 0.29) is 5.91 Å². The van der Waals surface area contributed by atoms with Crippen LogP contribution in [0.15, 0.2) is 54.9 Å². The molecule has 0 fully saturated rings. The zero-order chi connectivity index (χ0) is 18.8. The first kappa shape index (κ1) is 17.3. The van der Waals surface area contributed by atoms with Crippen LogP contribution in [-0.4, -0.2) is 31.6 Å². The molecule has 1 amide bonds. The maximum Gasteiger partial charge on any atom is 0.251 e. The number of benzene rings is 1. The lowest BCUT2D eigenvalue weighted by Gasteiger charge is -2.10. The van der Waals surface area contributed by atoms with Crippen molar-refractivity contribution < 1.29 is 4.79 Å². The minimum Gasteiger partial charge on any atom is -0.352 e. The van der Waals surface area contributed by atoms with Gasteiger partial charge in [0.05, 0.1) is 0 Å². The van der Waals surface area contributed by atoms with Crippen LogP contribution < -0.4 is 5.32 Å². The van der Waals surface area contributed by atoms with Crippen molar-refractivity contribution in [3.8, 4) is 0 Å². The Morgan fingerprint density at radius 2 is 1.96 bits per heavy atom.